The predicted octanol–water partition coefficient (Wildman–Crippen LogP) is 2.82. The molecule has 2 aromatic rings. The number of hydrogen-bond acceptors (Lipinski definition) is 2. The lowest BCUT2D eigenvalue weighted by molar-refractivity contribution is 0.416. The average molecular weight is 223 g/mol. The first-order chi connectivity index (χ1) is 7.35. The zero-order valence-corrected chi connectivity index (χ0v) is 9.08. The van der Waals surface area contributed by atoms with Crippen LogP contribution in [0.1, 0.15) is 5.69 Å². The normalized spacial score (nSPS) is 10.3. The molecule has 0 spiro atoms. The van der Waals surface area contributed by atoms with Gasteiger partial charge in [-0.05, 0) is 18.2 Å². The molecule has 0 atom stereocenters. The molecule has 0 fully saturated rings. The van der Waals surface area contributed by atoms with Crippen LogP contribution in [0.3, 0.4) is 0 Å². The Morgan fingerprint density at radius 3 is 2.87 bits per heavy atom. The number of para-hydroxylation sites is 1. The van der Waals surface area contributed by atoms with Crippen molar-refractivity contribution in [3.05, 3.63) is 36.0 Å². The maximum atomic E-state index is 5.70. The van der Waals surface area contributed by atoms with Gasteiger partial charge in [0.2, 0.25) is 0 Å². The van der Waals surface area contributed by atoms with Crippen molar-refractivity contribution in [3.8, 4) is 17.0 Å². The summed E-state index contributed by atoms with van der Waals surface area (Å²) in [7, 11) is 1.65. The van der Waals surface area contributed by atoms with Gasteiger partial charge in [-0.1, -0.05) is 12.1 Å². The Morgan fingerprint density at radius 1 is 1.40 bits per heavy atom. The second kappa shape index (κ2) is 4.36. The molecule has 0 aliphatic heterocycles. The molecule has 78 valence electrons. The Bertz CT molecular complexity index is 453. The van der Waals surface area contributed by atoms with Crippen LogP contribution in [0.25, 0.3) is 11.3 Å². The van der Waals surface area contributed by atoms with Crippen LogP contribution in [0.4, 0.5) is 0 Å². The number of rotatable bonds is 3. The molecule has 15 heavy (non-hydrogen) atoms. The molecule has 2 rings (SSSR count). The molecular weight excluding hydrogens is 212 g/mol. The third-order valence-corrected chi connectivity index (χ3v) is 2.45. The van der Waals surface area contributed by atoms with Gasteiger partial charge in [0.15, 0.2) is 0 Å². The third-order valence-electron chi connectivity index (χ3n) is 2.16. The Labute approximate surface area is 93.0 Å². The zero-order chi connectivity index (χ0) is 10.7. The van der Waals surface area contributed by atoms with Crippen LogP contribution in [-0.4, -0.2) is 17.3 Å². The monoisotopic (exact) mass is 222 g/mol. The number of halogens is 1. The Hall–Kier alpha value is -1.48. The molecule has 0 radical (unpaired) electrons. The molecule has 0 unspecified atom stereocenters. The molecule has 1 N–H and O–H groups in total. The Morgan fingerprint density at radius 2 is 2.20 bits per heavy atom. The van der Waals surface area contributed by atoms with Crippen molar-refractivity contribution in [2.45, 2.75) is 5.88 Å². The number of nitrogens with one attached hydrogen (secondary N) is 1. The molecule has 0 bridgehead atoms. The van der Waals surface area contributed by atoms with Crippen molar-refractivity contribution in [1.29, 1.82) is 0 Å². The van der Waals surface area contributed by atoms with Crippen molar-refractivity contribution >= 4 is 11.6 Å². The van der Waals surface area contributed by atoms with E-state index in [0.717, 1.165) is 22.7 Å². The lowest BCUT2D eigenvalue weighted by Crippen LogP contribution is -1.87. The molecule has 0 aliphatic rings. The smallest absolute Gasteiger partial charge is 0.128 e. The maximum absolute atomic E-state index is 5.70. The summed E-state index contributed by atoms with van der Waals surface area (Å²) in [5.74, 6) is 1.24. The summed E-state index contributed by atoms with van der Waals surface area (Å²) in [6.45, 7) is 0. The quantitative estimate of drug-likeness (QED) is 0.811. The van der Waals surface area contributed by atoms with E-state index in [1.165, 1.54) is 0 Å². The summed E-state index contributed by atoms with van der Waals surface area (Å²) in [5, 5.41) is 7.04. The van der Waals surface area contributed by atoms with E-state index in [1.54, 1.807) is 7.11 Å². The highest BCUT2D eigenvalue weighted by molar-refractivity contribution is 6.16. The Balaban J connectivity index is 2.44. The van der Waals surface area contributed by atoms with Gasteiger partial charge in [0.1, 0.15) is 5.75 Å². The highest BCUT2D eigenvalue weighted by atomic mass is 35.5. The molecule has 1 aromatic carbocycles. The van der Waals surface area contributed by atoms with E-state index < -0.39 is 0 Å². The second-order valence-electron chi connectivity index (χ2n) is 3.11. The van der Waals surface area contributed by atoms with Crippen LogP contribution < -0.4 is 4.74 Å². The second-order valence-corrected chi connectivity index (χ2v) is 3.38. The number of methoxy groups -OCH3 is 1. The van der Waals surface area contributed by atoms with Gasteiger partial charge in [-0.3, -0.25) is 5.10 Å². The first kappa shape index (κ1) is 10.1. The number of aromatic amines is 1. The molecule has 4 heteroatoms. The Kier molecular flexibility index (Phi) is 2.92. The van der Waals surface area contributed by atoms with Crippen LogP contribution in [0, 0.1) is 0 Å². The average Bonchev–Trinajstić information content (AvgIpc) is 2.77. The van der Waals surface area contributed by atoms with Gasteiger partial charge in [0.05, 0.1) is 24.4 Å². The van der Waals surface area contributed by atoms with Crippen molar-refractivity contribution in [2.75, 3.05) is 7.11 Å². The number of aromatic nitrogens is 2. The number of benzene rings is 1. The van der Waals surface area contributed by atoms with Crippen LogP contribution in [0.15, 0.2) is 30.3 Å². The van der Waals surface area contributed by atoms with Gasteiger partial charge < -0.3 is 4.74 Å². The van der Waals surface area contributed by atoms with Gasteiger partial charge in [-0.25, -0.2) is 0 Å². The van der Waals surface area contributed by atoms with Crippen LogP contribution >= 0.6 is 11.6 Å². The fraction of sp³-hybridized carbons (Fsp3) is 0.182. The minimum absolute atomic E-state index is 0.433. The first-order valence-corrected chi connectivity index (χ1v) is 5.12. The van der Waals surface area contributed by atoms with Crippen molar-refractivity contribution in [2.24, 2.45) is 0 Å². The fourth-order valence-corrected chi connectivity index (χ4v) is 1.56. The van der Waals surface area contributed by atoms with Crippen molar-refractivity contribution < 1.29 is 4.74 Å². The topological polar surface area (TPSA) is 37.9 Å². The molecule has 3 nitrogen and oxygen atoms in total. The summed E-state index contributed by atoms with van der Waals surface area (Å²) in [6.07, 6.45) is 0. The number of alkyl halides is 1. The van der Waals surface area contributed by atoms with Gasteiger partial charge in [0.25, 0.3) is 0 Å². The SMILES string of the molecule is COc1ccccc1-c1cc(CCl)[nH]n1. The van der Waals surface area contributed by atoms with Gasteiger partial charge in [-0.2, -0.15) is 5.10 Å². The summed E-state index contributed by atoms with van der Waals surface area (Å²) < 4.78 is 5.26. The predicted molar refractivity (Wildman–Crippen MR) is 60.1 cm³/mol. The highest BCUT2D eigenvalue weighted by Gasteiger charge is 2.07. The van der Waals surface area contributed by atoms with E-state index in [-0.39, 0.29) is 0 Å². The number of nitrogens with zero attached hydrogens (tertiary/aromatic N) is 1. The molecule has 0 saturated heterocycles. The highest BCUT2D eigenvalue weighted by Crippen LogP contribution is 2.28. The van der Waals surface area contributed by atoms with E-state index in [1.807, 2.05) is 30.3 Å². The zero-order valence-electron chi connectivity index (χ0n) is 8.33. The minimum Gasteiger partial charge on any atom is -0.496 e. The number of hydrogen-bond donors (Lipinski definition) is 1. The lowest BCUT2D eigenvalue weighted by Gasteiger charge is -2.04. The number of ether oxygens (including phenoxy) is 1. The maximum Gasteiger partial charge on any atom is 0.128 e. The van der Waals surface area contributed by atoms with E-state index in [2.05, 4.69) is 10.2 Å². The van der Waals surface area contributed by atoms with Crippen LogP contribution in [0.2, 0.25) is 0 Å². The summed E-state index contributed by atoms with van der Waals surface area (Å²) in [6, 6.07) is 9.67. The largest absolute Gasteiger partial charge is 0.496 e. The first-order valence-electron chi connectivity index (χ1n) is 4.59. The number of H-pyrrole nitrogens is 1. The summed E-state index contributed by atoms with van der Waals surface area (Å²) in [5.41, 5.74) is 2.72. The van der Waals surface area contributed by atoms with E-state index >= 15 is 0 Å². The van der Waals surface area contributed by atoms with Crippen LogP contribution in [0.5, 0.6) is 5.75 Å². The molecule has 0 amide bonds. The lowest BCUT2D eigenvalue weighted by atomic mass is 10.1. The molecule has 1 heterocycles. The third kappa shape index (κ3) is 1.97. The van der Waals surface area contributed by atoms with Crippen molar-refractivity contribution in [3.63, 3.8) is 0 Å². The van der Waals surface area contributed by atoms with Crippen LogP contribution in [-0.2, 0) is 5.88 Å². The molecule has 1 aromatic heterocycles. The van der Waals surface area contributed by atoms with E-state index in [4.69, 9.17) is 16.3 Å². The molecule has 0 aliphatic carbocycles. The van der Waals surface area contributed by atoms with Crippen molar-refractivity contribution in [1.82, 2.24) is 10.2 Å². The fourth-order valence-electron chi connectivity index (χ4n) is 1.42. The summed E-state index contributed by atoms with van der Waals surface area (Å²) >= 11 is 5.70. The van der Waals surface area contributed by atoms with Gasteiger partial charge >= 0.3 is 0 Å². The molecular formula is C11H11ClN2O. The van der Waals surface area contributed by atoms with E-state index in [0.29, 0.717) is 5.88 Å². The van der Waals surface area contributed by atoms with Gasteiger partial charge in [-0.15, -0.1) is 11.6 Å². The standard InChI is InChI=1S/C11H11ClN2O/c1-15-11-5-3-2-4-9(11)10-6-8(7-12)13-14-10/h2-6H,7H2,1H3,(H,13,14). The molecule has 0 saturated carbocycles. The minimum atomic E-state index is 0.433. The van der Waals surface area contributed by atoms with Gasteiger partial charge in [0, 0.05) is 5.56 Å². The van der Waals surface area contributed by atoms with E-state index in [9.17, 15) is 0 Å². The summed E-state index contributed by atoms with van der Waals surface area (Å²) in [4.78, 5) is 0.